The summed E-state index contributed by atoms with van der Waals surface area (Å²) in [5, 5.41) is 0.256. The van der Waals surface area contributed by atoms with Crippen molar-refractivity contribution < 1.29 is 4.39 Å². The molecule has 0 aromatic heterocycles. The molecule has 2 aliphatic rings. The number of halogens is 1. The van der Waals surface area contributed by atoms with Crippen LogP contribution in [0.2, 0.25) is 0 Å². The van der Waals surface area contributed by atoms with Gasteiger partial charge >= 0.3 is 0 Å². The van der Waals surface area contributed by atoms with Gasteiger partial charge in [-0.25, -0.2) is 4.39 Å². The quantitative estimate of drug-likeness (QED) is 0.669. The molecular weight excluding hydrogens is 355 g/mol. The summed E-state index contributed by atoms with van der Waals surface area (Å²) in [6, 6.07) is 15.6. The van der Waals surface area contributed by atoms with Crippen molar-refractivity contribution in [1.29, 1.82) is 0 Å². The Morgan fingerprint density at radius 2 is 2.00 bits per heavy atom. The maximum absolute atomic E-state index is 13.8. The van der Waals surface area contributed by atoms with E-state index in [1.807, 2.05) is 17.8 Å². The monoisotopic (exact) mass is 380 g/mol. The fourth-order valence-electron chi connectivity index (χ4n) is 3.90. The molecule has 4 rings (SSSR count). The fraction of sp³-hybridized carbons (Fsp3) is 0.304. The molecule has 2 aromatic rings. The van der Waals surface area contributed by atoms with E-state index in [1.54, 1.807) is 12.1 Å². The Kier molecular flexibility index (Phi) is 5.26. The van der Waals surface area contributed by atoms with Crippen LogP contribution in [0.1, 0.15) is 25.0 Å². The van der Waals surface area contributed by atoms with Crippen molar-refractivity contribution in [2.45, 2.75) is 32.2 Å². The molecule has 4 heteroatoms. The second-order valence-corrected chi connectivity index (χ2v) is 8.44. The number of benzene rings is 2. The Morgan fingerprint density at radius 3 is 2.81 bits per heavy atom. The van der Waals surface area contributed by atoms with E-state index >= 15 is 0 Å². The third kappa shape index (κ3) is 3.77. The van der Waals surface area contributed by atoms with Crippen molar-refractivity contribution in [3.8, 4) is 0 Å². The zero-order valence-electron chi connectivity index (χ0n) is 15.9. The first-order valence-electron chi connectivity index (χ1n) is 9.54. The molecule has 27 heavy (non-hydrogen) atoms. The van der Waals surface area contributed by atoms with Gasteiger partial charge in [0.05, 0.1) is 5.37 Å². The molecule has 0 aliphatic carbocycles. The van der Waals surface area contributed by atoms with Crippen LogP contribution in [0.5, 0.6) is 0 Å². The third-order valence-electron chi connectivity index (χ3n) is 5.11. The number of allylic oxidation sites excluding steroid dienone is 2. The van der Waals surface area contributed by atoms with Gasteiger partial charge in [-0.15, -0.1) is 11.8 Å². The summed E-state index contributed by atoms with van der Waals surface area (Å²) in [6.45, 7) is 6.05. The molecule has 2 aliphatic heterocycles. The molecule has 0 fully saturated rings. The molecule has 0 amide bonds. The molecule has 0 bridgehead atoms. The van der Waals surface area contributed by atoms with Crippen molar-refractivity contribution in [2.75, 3.05) is 17.2 Å². The van der Waals surface area contributed by atoms with Crippen molar-refractivity contribution >= 4 is 17.4 Å². The highest BCUT2D eigenvalue weighted by Gasteiger charge is 2.30. The topological polar surface area (TPSA) is 6.48 Å². The molecule has 0 saturated carbocycles. The minimum Gasteiger partial charge on any atom is -0.338 e. The van der Waals surface area contributed by atoms with Crippen LogP contribution in [-0.2, 0) is 13.0 Å². The molecule has 0 saturated heterocycles. The highest BCUT2D eigenvalue weighted by molar-refractivity contribution is 7.99. The van der Waals surface area contributed by atoms with Crippen LogP contribution in [0.15, 0.2) is 72.1 Å². The molecule has 2 nitrogen and oxygen atoms in total. The van der Waals surface area contributed by atoms with Crippen LogP contribution in [-0.4, -0.2) is 22.6 Å². The van der Waals surface area contributed by atoms with E-state index in [0.29, 0.717) is 6.54 Å². The van der Waals surface area contributed by atoms with E-state index in [4.69, 9.17) is 0 Å². The molecule has 140 valence electrons. The van der Waals surface area contributed by atoms with Crippen LogP contribution in [0, 0.1) is 5.82 Å². The Bertz CT molecular complexity index is 889. The molecule has 0 radical (unpaired) electrons. The van der Waals surface area contributed by atoms with Crippen molar-refractivity contribution in [3.05, 3.63) is 89.0 Å². The molecule has 0 N–H and O–H groups in total. The van der Waals surface area contributed by atoms with E-state index in [9.17, 15) is 4.39 Å². The van der Waals surface area contributed by atoms with Crippen molar-refractivity contribution in [3.63, 3.8) is 0 Å². The number of thioether (sulfide) groups is 1. The van der Waals surface area contributed by atoms with E-state index in [0.717, 1.165) is 24.3 Å². The maximum Gasteiger partial charge on any atom is 0.123 e. The van der Waals surface area contributed by atoms with Crippen LogP contribution >= 0.6 is 11.8 Å². The van der Waals surface area contributed by atoms with Crippen molar-refractivity contribution in [1.82, 2.24) is 4.90 Å². The van der Waals surface area contributed by atoms with Crippen LogP contribution in [0.3, 0.4) is 0 Å². The lowest BCUT2D eigenvalue weighted by Gasteiger charge is -2.40. The summed E-state index contributed by atoms with van der Waals surface area (Å²) < 4.78 is 13.8. The Balaban J connectivity index is 1.71. The molecule has 1 atom stereocenters. The SMILES string of the molecule is CCSC1C=C(C)C=C(N2CCc3ccccc32)N1Cc1cccc(F)c1. The van der Waals surface area contributed by atoms with Gasteiger partial charge in [-0.3, -0.25) is 0 Å². The number of nitrogens with zero attached hydrogens (tertiary/aromatic N) is 2. The second-order valence-electron chi connectivity index (χ2n) is 7.05. The second kappa shape index (κ2) is 7.81. The van der Waals surface area contributed by atoms with Gasteiger partial charge in [0, 0.05) is 18.8 Å². The Labute approximate surface area is 165 Å². The lowest BCUT2D eigenvalue weighted by atomic mass is 10.1. The van der Waals surface area contributed by atoms with Gasteiger partial charge in [-0.1, -0.05) is 37.3 Å². The van der Waals surface area contributed by atoms with Crippen LogP contribution in [0.4, 0.5) is 10.1 Å². The Morgan fingerprint density at radius 1 is 1.15 bits per heavy atom. The van der Waals surface area contributed by atoms with Gasteiger partial charge in [-0.05, 0) is 66.1 Å². The molecule has 1 unspecified atom stereocenters. The van der Waals surface area contributed by atoms with E-state index in [-0.39, 0.29) is 11.2 Å². The summed E-state index contributed by atoms with van der Waals surface area (Å²) in [6.07, 6.45) is 5.66. The minimum atomic E-state index is -0.173. The van der Waals surface area contributed by atoms with Gasteiger partial charge in [0.2, 0.25) is 0 Å². The molecule has 0 spiro atoms. The lowest BCUT2D eigenvalue weighted by Crippen LogP contribution is -2.41. The van der Waals surface area contributed by atoms with Crippen LogP contribution in [0.25, 0.3) is 0 Å². The summed E-state index contributed by atoms with van der Waals surface area (Å²) in [7, 11) is 0. The van der Waals surface area contributed by atoms with E-state index in [2.05, 4.69) is 60.1 Å². The summed E-state index contributed by atoms with van der Waals surface area (Å²) in [5.74, 6) is 2.08. The number of hydrogen-bond acceptors (Lipinski definition) is 3. The number of rotatable bonds is 5. The minimum absolute atomic E-state index is 0.173. The number of hydrogen-bond donors (Lipinski definition) is 0. The summed E-state index contributed by atoms with van der Waals surface area (Å²) in [4.78, 5) is 4.84. The fourth-order valence-corrected chi connectivity index (χ4v) is 4.92. The molecule has 2 heterocycles. The predicted molar refractivity (Wildman–Crippen MR) is 113 cm³/mol. The highest BCUT2D eigenvalue weighted by Crippen LogP contribution is 2.37. The molecular formula is C23H25FN2S. The average Bonchev–Trinajstić information content (AvgIpc) is 3.08. The highest BCUT2D eigenvalue weighted by atomic mass is 32.2. The largest absolute Gasteiger partial charge is 0.338 e. The first kappa shape index (κ1) is 18.2. The zero-order valence-corrected chi connectivity index (χ0v) is 16.7. The van der Waals surface area contributed by atoms with Gasteiger partial charge in [-0.2, -0.15) is 0 Å². The summed E-state index contributed by atoms with van der Waals surface area (Å²) >= 11 is 1.92. The van der Waals surface area contributed by atoms with Crippen LogP contribution < -0.4 is 4.90 Å². The third-order valence-corrected chi connectivity index (χ3v) is 6.17. The van der Waals surface area contributed by atoms with E-state index in [1.165, 1.54) is 28.7 Å². The van der Waals surface area contributed by atoms with Gasteiger partial charge in [0.25, 0.3) is 0 Å². The number of anilines is 1. The smallest absolute Gasteiger partial charge is 0.123 e. The lowest BCUT2D eigenvalue weighted by molar-refractivity contribution is 0.332. The first-order valence-corrected chi connectivity index (χ1v) is 10.6. The van der Waals surface area contributed by atoms with Gasteiger partial charge in [0.15, 0.2) is 0 Å². The predicted octanol–water partition coefficient (Wildman–Crippen LogP) is 5.57. The summed E-state index contributed by atoms with van der Waals surface area (Å²) in [5.41, 5.74) is 4.98. The number of fused-ring (bicyclic) bond motifs is 1. The number of para-hydroxylation sites is 1. The first-order chi connectivity index (χ1) is 13.2. The van der Waals surface area contributed by atoms with Gasteiger partial charge in [0.1, 0.15) is 11.6 Å². The zero-order chi connectivity index (χ0) is 18.8. The van der Waals surface area contributed by atoms with Crippen molar-refractivity contribution in [2.24, 2.45) is 0 Å². The maximum atomic E-state index is 13.8. The standard InChI is InChI=1S/C23H25FN2S/c1-3-27-23-14-17(2)13-22(25-12-11-19-8-4-5-10-21(19)25)26(23)16-18-7-6-9-20(24)15-18/h4-10,13-15,23H,3,11-12,16H2,1-2H3. The molecule has 2 aromatic carbocycles. The van der Waals surface area contributed by atoms with E-state index < -0.39 is 0 Å². The van der Waals surface area contributed by atoms with Gasteiger partial charge < -0.3 is 9.80 Å². The Hall–Kier alpha value is -2.20. The normalized spacial score (nSPS) is 19.0. The average molecular weight is 381 g/mol.